The molecule has 1 aliphatic rings. The Labute approximate surface area is 252 Å². The number of β-amino-alcohol motifs (C(OH)–C–C–N with tert-alkyl or cyclic N) is 1. The molecule has 0 aliphatic carbocycles. The maximum Gasteiger partial charge on any atom is 0.341 e. The van der Waals surface area contributed by atoms with E-state index in [4.69, 9.17) is 4.52 Å². The minimum atomic E-state index is -3.94. The minimum absolute atomic E-state index is 0.0604. The molecule has 0 spiro atoms. The summed E-state index contributed by atoms with van der Waals surface area (Å²) in [6.07, 6.45) is -1.23. The lowest BCUT2D eigenvalue weighted by atomic mass is 10.2. The van der Waals surface area contributed by atoms with Crippen molar-refractivity contribution in [1.29, 1.82) is 0 Å². The predicted molar refractivity (Wildman–Crippen MR) is 158 cm³/mol. The molecule has 244 valence electrons. The molecule has 43 heavy (non-hydrogen) atoms. The van der Waals surface area contributed by atoms with Crippen molar-refractivity contribution in [3.63, 3.8) is 0 Å². The van der Waals surface area contributed by atoms with Crippen molar-refractivity contribution in [2.45, 2.75) is 19.6 Å². The van der Waals surface area contributed by atoms with Gasteiger partial charge in [-0.15, -0.1) is 0 Å². The van der Waals surface area contributed by atoms with Crippen LogP contribution in [0, 0.1) is 0 Å². The van der Waals surface area contributed by atoms with Gasteiger partial charge >= 0.3 is 25.5 Å². The molecule has 0 bridgehead atoms. The van der Waals surface area contributed by atoms with Crippen LogP contribution in [0.1, 0.15) is 12.5 Å². The molecule has 1 saturated heterocycles. The molecule has 0 amide bonds. The molecule has 1 aliphatic heterocycles. The number of carboxylic acid groups (broad SMARTS) is 3. The second-order valence-electron chi connectivity index (χ2n) is 10.7. The first-order chi connectivity index (χ1) is 20.3. The van der Waals surface area contributed by atoms with Gasteiger partial charge in [0.1, 0.15) is 6.29 Å². The van der Waals surface area contributed by atoms with E-state index in [0.29, 0.717) is 58.9 Å². The third kappa shape index (κ3) is 16.3. The standard InChI is InChI=1S/C27H46N5O10P/c1-2-42-43(40,41)22-32(16-23-6-4-3-5-7-23)18-24(33)17-28-8-10-29(19-25(34)35)12-14-31(21-27(38)39)15-13-30(11-9-28)20-26(36)37/h3-7,24,33H,2,8-22H2,1H3,(H,34,35)(H,36,37)(H,38,39)(H,40,41). The van der Waals surface area contributed by atoms with Crippen LogP contribution in [0.3, 0.4) is 0 Å². The molecule has 0 radical (unpaired) electrons. The highest BCUT2D eigenvalue weighted by molar-refractivity contribution is 7.52. The fraction of sp³-hybridized carbons (Fsp3) is 0.667. The van der Waals surface area contributed by atoms with E-state index >= 15 is 0 Å². The van der Waals surface area contributed by atoms with Gasteiger partial charge in [0.15, 0.2) is 0 Å². The fourth-order valence-electron chi connectivity index (χ4n) is 4.97. The maximum atomic E-state index is 12.6. The number of carbonyl (C=O) groups is 3. The van der Waals surface area contributed by atoms with E-state index in [9.17, 15) is 44.3 Å². The van der Waals surface area contributed by atoms with E-state index in [1.165, 1.54) is 0 Å². The van der Waals surface area contributed by atoms with E-state index in [1.807, 2.05) is 35.2 Å². The van der Waals surface area contributed by atoms with Crippen LogP contribution in [0.2, 0.25) is 0 Å². The molecule has 1 aromatic rings. The van der Waals surface area contributed by atoms with Gasteiger partial charge in [-0.05, 0) is 12.5 Å². The second-order valence-corrected chi connectivity index (χ2v) is 12.5. The normalized spacial score (nSPS) is 19.3. The SMILES string of the molecule is CCOP(=O)(O)CN(Cc1ccccc1)CC(O)CN1CCN(CC(=O)O)CCN(CC(=O)O)CCN(CC(=O)O)CC1. The summed E-state index contributed by atoms with van der Waals surface area (Å²) in [7, 11) is -3.94. The topological polar surface area (TPSA) is 195 Å². The van der Waals surface area contributed by atoms with E-state index in [1.54, 1.807) is 26.5 Å². The Bertz CT molecular complexity index is 1020. The Hall–Kier alpha value is -2.46. The van der Waals surface area contributed by atoms with Crippen LogP contribution >= 0.6 is 7.60 Å². The monoisotopic (exact) mass is 631 g/mol. The van der Waals surface area contributed by atoms with Crippen molar-refractivity contribution in [3.8, 4) is 0 Å². The molecule has 0 saturated carbocycles. The zero-order chi connectivity index (χ0) is 31.8. The minimum Gasteiger partial charge on any atom is -0.480 e. The van der Waals surface area contributed by atoms with E-state index in [2.05, 4.69) is 0 Å². The van der Waals surface area contributed by atoms with Crippen LogP contribution in [-0.2, 0) is 30.0 Å². The van der Waals surface area contributed by atoms with Crippen molar-refractivity contribution >= 4 is 25.5 Å². The molecule has 5 N–H and O–H groups in total. The zero-order valence-corrected chi connectivity index (χ0v) is 25.6. The van der Waals surface area contributed by atoms with Gasteiger partial charge < -0.3 is 29.8 Å². The lowest BCUT2D eigenvalue weighted by Gasteiger charge is -2.34. The van der Waals surface area contributed by atoms with E-state index < -0.39 is 31.6 Å². The van der Waals surface area contributed by atoms with Crippen LogP contribution < -0.4 is 0 Å². The van der Waals surface area contributed by atoms with Crippen molar-refractivity contribution in [2.24, 2.45) is 0 Å². The van der Waals surface area contributed by atoms with Crippen LogP contribution in [-0.4, -0.2) is 172 Å². The number of nitrogens with zero attached hydrogens (tertiary/aromatic N) is 5. The fourth-order valence-corrected chi connectivity index (χ4v) is 6.18. The molecule has 1 fully saturated rings. The molecular weight excluding hydrogens is 585 g/mol. The van der Waals surface area contributed by atoms with Gasteiger partial charge in [0.05, 0.1) is 32.3 Å². The van der Waals surface area contributed by atoms with E-state index in [0.717, 1.165) is 5.56 Å². The highest BCUT2D eigenvalue weighted by Crippen LogP contribution is 2.42. The molecule has 16 heteroatoms. The lowest BCUT2D eigenvalue weighted by Crippen LogP contribution is -2.50. The summed E-state index contributed by atoms with van der Waals surface area (Å²) in [5.74, 6) is -3.06. The smallest absolute Gasteiger partial charge is 0.341 e. The number of carboxylic acids is 3. The summed E-state index contributed by atoms with van der Waals surface area (Å²) < 4.78 is 17.6. The van der Waals surface area contributed by atoms with Crippen molar-refractivity contribution < 1.29 is 48.8 Å². The molecule has 15 nitrogen and oxygen atoms in total. The number of aliphatic carboxylic acids is 3. The summed E-state index contributed by atoms with van der Waals surface area (Å²) in [5.41, 5.74) is 0.892. The van der Waals surface area contributed by atoms with Gasteiger partial charge in [0.2, 0.25) is 0 Å². The molecule has 2 atom stereocenters. The molecular formula is C27H46N5O10P. The van der Waals surface area contributed by atoms with Gasteiger partial charge in [-0.25, -0.2) is 0 Å². The van der Waals surface area contributed by atoms with E-state index in [-0.39, 0.29) is 45.6 Å². The average Bonchev–Trinajstić information content (AvgIpc) is 2.89. The number of benzene rings is 1. The maximum absolute atomic E-state index is 12.6. The molecule has 0 aromatic heterocycles. The van der Waals surface area contributed by atoms with Crippen LogP contribution in [0.4, 0.5) is 0 Å². The number of hydrogen-bond acceptors (Lipinski definition) is 11. The average molecular weight is 632 g/mol. The third-order valence-electron chi connectivity index (χ3n) is 6.90. The highest BCUT2D eigenvalue weighted by atomic mass is 31.2. The summed E-state index contributed by atoms with van der Waals surface area (Å²) in [6, 6.07) is 9.33. The molecule has 2 unspecified atom stereocenters. The number of aliphatic hydroxyl groups is 1. The van der Waals surface area contributed by atoms with Crippen LogP contribution in [0.25, 0.3) is 0 Å². The third-order valence-corrected chi connectivity index (χ3v) is 8.32. The summed E-state index contributed by atoms with van der Waals surface area (Å²) in [4.78, 5) is 53.4. The first-order valence-corrected chi connectivity index (χ1v) is 16.1. The Morgan fingerprint density at radius 3 is 1.63 bits per heavy atom. The Balaban J connectivity index is 2.18. The van der Waals surface area contributed by atoms with Crippen molar-refractivity contribution in [1.82, 2.24) is 24.5 Å². The van der Waals surface area contributed by atoms with Crippen LogP contribution in [0.15, 0.2) is 30.3 Å². The Morgan fingerprint density at radius 2 is 1.23 bits per heavy atom. The Morgan fingerprint density at radius 1 is 0.814 bits per heavy atom. The van der Waals surface area contributed by atoms with Gasteiger partial charge in [-0.3, -0.25) is 43.4 Å². The summed E-state index contributed by atoms with van der Waals surface area (Å²) in [5, 5.41) is 39.3. The first-order valence-electron chi connectivity index (χ1n) is 14.3. The summed E-state index contributed by atoms with van der Waals surface area (Å²) >= 11 is 0. The van der Waals surface area contributed by atoms with Gasteiger partial charge in [-0.2, -0.15) is 0 Å². The van der Waals surface area contributed by atoms with Gasteiger partial charge in [0.25, 0.3) is 0 Å². The highest BCUT2D eigenvalue weighted by Gasteiger charge is 2.26. The Kier molecular flexibility index (Phi) is 16.3. The predicted octanol–water partition coefficient (Wildman–Crippen LogP) is -0.496. The molecule has 1 heterocycles. The largest absolute Gasteiger partial charge is 0.480 e. The zero-order valence-electron chi connectivity index (χ0n) is 24.7. The van der Waals surface area contributed by atoms with Crippen molar-refractivity contribution in [3.05, 3.63) is 35.9 Å². The van der Waals surface area contributed by atoms with Crippen LogP contribution in [0.5, 0.6) is 0 Å². The lowest BCUT2D eigenvalue weighted by molar-refractivity contribution is -0.140. The van der Waals surface area contributed by atoms with Crippen molar-refractivity contribution in [2.75, 3.05) is 98.0 Å². The number of hydrogen-bond donors (Lipinski definition) is 5. The number of rotatable bonds is 16. The second kappa shape index (κ2) is 19.0. The molecule has 1 aromatic carbocycles. The molecule has 2 rings (SSSR count). The quantitative estimate of drug-likeness (QED) is 0.147. The first kappa shape index (κ1) is 36.7. The number of aliphatic hydroxyl groups excluding tert-OH is 1. The van der Waals surface area contributed by atoms with Gasteiger partial charge in [-0.1, -0.05) is 30.3 Å². The summed E-state index contributed by atoms with van der Waals surface area (Å²) in [6.45, 7) is 4.03. The van der Waals surface area contributed by atoms with Gasteiger partial charge in [0, 0.05) is 72.0 Å².